The van der Waals surface area contributed by atoms with Crippen LogP contribution in [0.15, 0.2) is 36.0 Å². The van der Waals surface area contributed by atoms with Crippen molar-refractivity contribution in [2.45, 2.75) is 6.54 Å². The molecule has 23 heavy (non-hydrogen) atoms. The predicted molar refractivity (Wildman–Crippen MR) is 89.5 cm³/mol. The summed E-state index contributed by atoms with van der Waals surface area (Å²) < 4.78 is 0.767. The Kier molecular flexibility index (Phi) is 4.24. The van der Waals surface area contributed by atoms with Gasteiger partial charge in [0.05, 0.1) is 15.8 Å². The minimum absolute atomic E-state index is 0.386. The molecule has 7 nitrogen and oxygen atoms in total. The molecule has 9 heteroatoms. The fourth-order valence-electron chi connectivity index (χ4n) is 2.14. The fraction of sp³-hybridized carbons (Fsp3) is 0.0714. The number of aromatic nitrogens is 2. The molecule has 0 fully saturated rings. The van der Waals surface area contributed by atoms with E-state index in [1.54, 1.807) is 29.6 Å². The molecule has 1 aromatic carbocycles. The number of benzene rings is 1. The Morgan fingerprint density at radius 3 is 2.65 bits per heavy atom. The summed E-state index contributed by atoms with van der Waals surface area (Å²) in [7, 11) is -1.48. The van der Waals surface area contributed by atoms with Crippen LogP contribution in [0, 0.1) is 0 Å². The van der Waals surface area contributed by atoms with Crippen molar-refractivity contribution < 1.29 is 14.8 Å². The van der Waals surface area contributed by atoms with Crippen LogP contribution < -0.4 is 16.5 Å². The van der Waals surface area contributed by atoms with Crippen molar-refractivity contribution in [3.63, 3.8) is 0 Å². The number of fused-ring (bicyclic) bond motifs is 1. The van der Waals surface area contributed by atoms with Crippen molar-refractivity contribution in [1.82, 2.24) is 9.97 Å². The summed E-state index contributed by atoms with van der Waals surface area (Å²) in [6.45, 7) is 0.498. The largest absolute Gasteiger partial charge is 0.488 e. The van der Waals surface area contributed by atoms with E-state index in [4.69, 9.17) is 15.8 Å². The van der Waals surface area contributed by atoms with E-state index in [-0.39, 0.29) is 0 Å². The maximum Gasteiger partial charge on any atom is 0.488 e. The first kappa shape index (κ1) is 15.4. The van der Waals surface area contributed by atoms with E-state index in [2.05, 4.69) is 15.3 Å². The topological polar surface area (TPSA) is 121 Å². The third kappa shape index (κ3) is 3.16. The molecule has 0 radical (unpaired) electrons. The number of rotatable bonds is 5. The maximum atomic E-state index is 11.4. The van der Waals surface area contributed by atoms with Crippen molar-refractivity contribution >= 4 is 45.9 Å². The number of carbonyl (C=O) groups excluding carboxylic acids is 1. The molecule has 0 bridgehead atoms. The number of thiophene rings is 1. The Morgan fingerprint density at radius 1 is 1.26 bits per heavy atom. The van der Waals surface area contributed by atoms with Crippen molar-refractivity contribution in [3.05, 3.63) is 47.1 Å². The molecule has 0 saturated carbocycles. The number of nitrogens with two attached hydrogens (primary N) is 1. The van der Waals surface area contributed by atoms with Gasteiger partial charge in [-0.25, -0.2) is 9.97 Å². The van der Waals surface area contributed by atoms with Crippen LogP contribution in [0.4, 0.5) is 5.82 Å². The number of amides is 1. The van der Waals surface area contributed by atoms with E-state index in [1.807, 2.05) is 0 Å². The van der Waals surface area contributed by atoms with Gasteiger partial charge in [0.1, 0.15) is 12.1 Å². The zero-order chi connectivity index (χ0) is 16.4. The summed E-state index contributed by atoms with van der Waals surface area (Å²) in [5, 5.41) is 23.0. The number of nitrogens with zero attached hydrogens (tertiary/aromatic N) is 2. The second-order valence-corrected chi connectivity index (χ2v) is 5.76. The van der Waals surface area contributed by atoms with Gasteiger partial charge in [-0.2, -0.15) is 0 Å². The molecule has 0 saturated heterocycles. The third-order valence-corrected chi connectivity index (χ3v) is 4.33. The first-order chi connectivity index (χ1) is 11.1. The first-order valence-corrected chi connectivity index (χ1v) is 7.65. The second kappa shape index (κ2) is 6.33. The molecule has 3 aromatic rings. The van der Waals surface area contributed by atoms with E-state index in [0.717, 1.165) is 10.3 Å². The summed E-state index contributed by atoms with van der Waals surface area (Å²) in [6, 6.07) is 6.88. The lowest BCUT2D eigenvalue weighted by atomic mass is 9.80. The number of carbonyl (C=O) groups is 1. The predicted octanol–water partition coefficient (Wildman–Crippen LogP) is 0.0821. The lowest BCUT2D eigenvalue weighted by Gasteiger charge is -2.07. The van der Waals surface area contributed by atoms with Crippen molar-refractivity contribution in [2.24, 2.45) is 5.73 Å². The molecule has 1 amide bonds. The van der Waals surface area contributed by atoms with E-state index < -0.39 is 13.0 Å². The van der Waals surface area contributed by atoms with Gasteiger partial charge in [-0.05, 0) is 11.0 Å². The third-order valence-electron chi connectivity index (χ3n) is 3.36. The molecule has 0 aliphatic carbocycles. The summed E-state index contributed by atoms with van der Waals surface area (Å²) in [5.74, 6) is 0.109. The monoisotopic (exact) mass is 328 g/mol. The molecule has 5 N–H and O–H groups in total. The average molecular weight is 328 g/mol. The van der Waals surface area contributed by atoms with Gasteiger partial charge >= 0.3 is 7.12 Å². The Balaban J connectivity index is 1.80. The van der Waals surface area contributed by atoms with E-state index in [9.17, 15) is 4.79 Å². The van der Waals surface area contributed by atoms with Gasteiger partial charge in [-0.15, -0.1) is 11.3 Å². The van der Waals surface area contributed by atoms with Crippen LogP contribution in [0.5, 0.6) is 0 Å². The molecule has 0 unspecified atom stereocenters. The van der Waals surface area contributed by atoms with Gasteiger partial charge in [0.15, 0.2) is 0 Å². The summed E-state index contributed by atoms with van der Waals surface area (Å²) in [6.07, 6.45) is 1.38. The van der Waals surface area contributed by atoms with Gasteiger partial charge < -0.3 is 21.1 Å². The molecule has 116 valence electrons. The van der Waals surface area contributed by atoms with Gasteiger partial charge in [0.2, 0.25) is 0 Å². The lowest BCUT2D eigenvalue weighted by molar-refractivity contribution is 0.100. The zero-order valence-electron chi connectivity index (χ0n) is 11.9. The Bertz CT molecular complexity index is 851. The van der Waals surface area contributed by atoms with Gasteiger partial charge in [0, 0.05) is 11.9 Å². The number of hydrogen-bond donors (Lipinski definition) is 4. The number of hydrogen-bond acceptors (Lipinski definition) is 7. The molecule has 2 heterocycles. The van der Waals surface area contributed by atoms with Crippen molar-refractivity contribution in [2.75, 3.05) is 5.32 Å². The number of anilines is 1. The average Bonchev–Trinajstić information content (AvgIpc) is 2.98. The molecule has 0 aliphatic heterocycles. The van der Waals surface area contributed by atoms with Gasteiger partial charge in [0.25, 0.3) is 5.91 Å². The van der Waals surface area contributed by atoms with Crippen LogP contribution in [-0.2, 0) is 6.54 Å². The minimum Gasteiger partial charge on any atom is -0.423 e. The molecule has 0 aliphatic rings. The van der Waals surface area contributed by atoms with Gasteiger partial charge in [-0.1, -0.05) is 24.3 Å². The van der Waals surface area contributed by atoms with Crippen LogP contribution in [0.25, 0.3) is 10.2 Å². The number of nitrogens with one attached hydrogen (secondary N) is 1. The van der Waals surface area contributed by atoms with Crippen LogP contribution >= 0.6 is 11.3 Å². The quantitative estimate of drug-likeness (QED) is 0.492. The Morgan fingerprint density at radius 2 is 2.00 bits per heavy atom. The molecular weight excluding hydrogens is 315 g/mol. The SMILES string of the molecule is NC(=O)c1csc2c(NCc3ccc(B(O)O)cc3)ncnc12. The van der Waals surface area contributed by atoms with Crippen molar-refractivity contribution in [1.29, 1.82) is 0 Å². The van der Waals surface area contributed by atoms with Crippen LogP contribution in [0.3, 0.4) is 0 Å². The zero-order valence-corrected chi connectivity index (χ0v) is 12.7. The molecule has 3 rings (SSSR count). The van der Waals surface area contributed by atoms with Crippen LogP contribution in [-0.4, -0.2) is 33.0 Å². The minimum atomic E-state index is -1.48. The fourth-order valence-corrected chi connectivity index (χ4v) is 3.12. The normalized spacial score (nSPS) is 10.7. The summed E-state index contributed by atoms with van der Waals surface area (Å²) in [5.41, 5.74) is 7.63. The van der Waals surface area contributed by atoms with Crippen molar-refractivity contribution in [3.8, 4) is 0 Å². The lowest BCUT2D eigenvalue weighted by Crippen LogP contribution is -2.29. The smallest absolute Gasteiger partial charge is 0.423 e. The highest BCUT2D eigenvalue weighted by Crippen LogP contribution is 2.29. The highest BCUT2D eigenvalue weighted by atomic mass is 32.1. The second-order valence-electron chi connectivity index (χ2n) is 4.88. The molecule has 0 spiro atoms. The van der Waals surface area contributed by atoms with Gasteiger partial charge in [-0.3, -0.25) is 4.79 Å². The van der Waals surface area contributed by atoms with E-state index in [1.165, 1.54) is 17.7 Å². The van der Waals surface area contributed by atoms with E-state index in [0.29, 0.717) is 28.9 Å². The molecule has 2 aromatic heterocycles. The molecular formula is C14H13BN4O3S. The molecule has 0 atom stereocenters. The highest BCUT2D eigenvalue weighted by Gasteiger charge is 2.14. The Hall–Kier alpha value is -2.49. The standard InChI is InChI=1S/C14H13BN4O3S/c16-13(20)10-6-23-12-11(10)18-7-19-14(12)17-5-8-1-3-9(4-2-8)15(21)22/h1-4,6-7,21-22H,5H2,(H2,16,20)(H,17,18,19). The summed E-state index contributed by atoms with van der Waals surface area (Å²) >= 11 is 1.36. The van der Waals surface area contributed by atoms with Crippen LogP contribution in [0.1, 0.15) is 15.9 Å². The first-order valence-electron chi connectivity index (χ1n) is 6.77. The maximum absolute atomic E-state index is 11.4. The summed E-state index contributed by atoms with van der Waals surface area (Å²) in [4.78, 5) is 19.7. The Labute approximate surface area is 136 Å². The number of primary amides is 1. The highest BCUT2D eigenvalue weighted by molar-refractivity contribution is 7.18. The van der Waals surface area contributed by atoms with Crippen LogP contribution in [0.2, 0.25) is 0 Å². The van der Waals surface area contributed by atoms with E-state index >= 15 is 0 Å².